The van der Waals surface area contributed by atoms with Crippen molar-refractivity contribution in [2.45, 2.75) is 92.1 Å². The highest BCUT2D eigenvalue weighted by Gasteiger charge is 2.53. The molecule has 3 fully saturated rings. The van der Waals surface area contributed by atoms with Gasteiger partial charge in [-0.25, -0.2) is 0 Å². The van der Waals surface area contributed by atoms with Crippen molar-refractivity contribution >= 4 is 5.97 Å². The number of aliphatic hydroxyl groups is 11. The summed E-state index contributed by atoms with van der Waals surface area (Å²) in [5.74, 6) is -1.08. The number of rotatable bonds is 7. The zero-order valence-corrected chi connectivity index (χ0v) is 19.8. The first kappa shape index (κ1) is 33.0. The van der Waals surface area contributed by atoms with Gasteiger partial charge in [-0.15, -0.1) is 0 Å². The van der Waals surface area contributed by atoms with Crippen LogP contribution >= 0.6 is 0 Å². The van der Waals surface area contributed by atoms with Gasteiger partial charge in [-0.05, 0) is 0 Å². The van der Waals surface area contributed by atoms with E-state index in [2.05, 4.69) is 6.92 Å². The van der Waals surface area contributed by atoms with Gasteiger partial charge in [0, 0.05) is 0 Å². The van der Waals surface area contributed by atoms with Gasteiger partial charge in [0.15, 0.2) is 18.9 Å². The number of carboxylic acid groups (broad SMARTS) is 1. The van der Waals surface area contributed by atoms with Gasteiger partial charge in [-0.2, -0.15) is 0 Å². The molecule has 15 atom stereocenters. The molecule has 0 saturated carbocycles. The summed E-state index contributed by atoms with van der Waals surface area (Å²) < 4.78 is 26.4. The zero-order valence-electron chi connectivity index (χ0n) is 19.8. The van der Waals surface area contributed by atoms with Crippen LogP contribution in [0.5, 0.6) is 0 Å². The monoisotopic (exact) mass is 563 g/mol. The Morgan fingerprint density at radius 1 is 0.579 bits per heavy atom. The van der Waals surface area contributed by atoms with Crippen molar-refractivity contribution in [3.05, 3.63) is 6.92 Å². The third-order valence-electron chi connectivity index (χ3n) is 6.09. The molecule has 3 rings (SSSR count). The van der Waals surface area contributed by atoms with Crippen molar-refractivity contribution < 1.29 is 89.8 Å². The van der Waals surface area contributed by atoms with Crippen LogP contribution < -0.4 is 0 Å². The maximum atomic E-state index is 10.6. The molecule has 3 heterocycles. The highest BCUT2D eigenvalue weighted by Crippen LogP contribution is 2.32. The molecule has 0 aliphatic carbocycles. The number of hydrogen-bond donors (Lipinski definition) is 12. The van der Waals surface area contributed by atoms with Gasteiger partial charge in [0.05, 0.1) is 26.7 Å². The average molecular weight is 563 g/mol. The van der Waals surface area contributed by atoms with Crippen molar-refractivity contribution in [2.24, 2.45) is 0 Å². The van der Waals surface area contributed by atoms with Crippen LogP contribution in [-0.4, -0.2) is 179 Å². The van der Waals surface area contributed by atoms with E-state index in [4.69, 9.17) is 33.6 Å². The highest BCUT2D eigenvalue weighted by atomic mass is 16.8. The highest BCUT2D eigenvalue weighted by molar-refractivity contribution is 5.71. The van der Waals surface area contributed by atoms with Crippen LogP contribution in [0.15, 0.2) is 0 Å². The number of ether oxygens (including phenoxy) is 5. The first-order valence-electron chi connectivity index (χ1n) is 11.4. The Bertz CT molecular complexity index is 718. The van der Waals surface area contributed by atoms with Gasteiger partial charge < -0.3 is 85.0 Å². The summed E-state index contributed by atoms with van der Waals surface area (Å²) in [7, 11) is 0. The number of carboxylic acids is 1. The van der Waals surface area contributed by atoms with Gasteiger partial charge in [-0.1, -0.05) is 0 Å². The topological polar surface area (TPSA) is 306 Å². The minimum atomic E-state index is -1.91. The second-order valence-electron chi connectivity index (χ2n) is 8.73. The minimum Gasteiger partial charge on any atom is -0.481 e. The van der Waals surface area contributed by atoms with Crippen molar-refractivity contribution in [3.63, 3.8) is 0 Å². The second-order valence-corrected chi connectivity index (χ2v) is 8.73. The molecule has 223 valence electrons. The van der Waals surface area contributed by atoms with E-state index in [-0.39, 0.29) is 0 Å². The van der Waals surface area contributed by atoms with E-state index < -0.39 is 118 Å². The summed E-state index contributed by atoms with van der Waals surface area (Å²) in [6.45, 7) is 0.234. The van der Waals surface area contributed by atoms with Gasteiger partial charge in [-0.3, -0.25) is 4.79 Å². The summed E-state index contributed by atoms with van der Waals surface area (Å²) in [4.78, 5) is 8.89. The number of hydrogen-bond acceptors (Lipinski definition) is 17. The summed E-state index contributed by atoms with van der Waals surface area (Å²) >= 11 is 0. The molecule has 3 saturated heterocycles. The van der Waals surface area contributed by atoms with E-state index in [1.54, 1.807) is 0 Å². The quantitative estimate of drug-likeness (QED) is 0.137. The summed E-state index contributed by atoms with van der Waals surface area (Å²) in [6, 6.07) is 0. The maximum Gasteiger partial charge on any atom is 0.303 e. The maximum absolute atomic E-state index is 10.6. The molecule has 0 bridgehead atoms. The SMILES string of the molecule is OC[C@H]1O[C@@H](O[C@H]2[C@H](O)[C@@H](O)[C@H](O[C@H]3[C@H](O)[C@@H](O)C(O)O[C@@H]3CO)O[C@@H]2CO)[C@H](O)[C@@H](O)[C@@H]1O.[CH2]C(=O)O. The molecule has 0 spiro atoms. The van der Waals surface area contributed by atoms with Gasteiger partial charge in [0.1, 0.15) is 73.2 Å². The van der Waals surface area contributed by atoms with E-state index in [1.807, 2.05) is 0 Å². The molecular formula is C20H35O18. The fraction of sp³-hybridized carbons (Fsp3) is 0.900. The molecule has 3 aliphatic heterocycles. The van der Waals surface area contributed by atoms with Crippen LogP contribution in [0.4, 0.5) is 0 Å². The van der Waals surface area contributed by atoms with Gasteiger partial charge >= 0.3 is 5.97 Å². The van der Waals surface area contributed by atoms with Crippen molar-refractivity contribution in [1.29, 1.82) is 0 Å². The molecule has 18 heteroatoms. The fourth-order valence-corrected chi connectivity index (χ4v) is 4.06. The Balaban J connectivity index is 0.00000118. The Labute approximate surface area is 215 Å². The van der Waals surface area contributed by atoms with Crippen LogP contribution in [0, 0.1) is 6.92 Å². The molecule has 18 nitrogen and oxygen atoms in total. The lowest BCUT2D eigenvalue weighted by Gasteiger charge is -2.47. The lowest BCUT2D eigenvalue weighted by molar-refractivity contribution is -0.377. The average Bonchev–Trinajstić information content (AvgIpc) is 2.87. The van der Waals surface area contributed by atoms with Crippen molar-refractivity contribution in [2.75, 3.05) is 19.8 Å². The van der Waals surface area contributed by atoms with Crippen LogP contribution in [0.1, 0.15) is 0 Å². The Kier molecular flexibility index (Phi) is 12.6. The first-order valence-corrected chi connectivity index (χ1v) is 11.4. The van der Waals surface area contributed by atoms with E-state index in [9.17, 15) is 56.2 Å². The van der Waals surface area contributed by atoms with Crippen LogP contribution in [0.2, 0.25) is 0 Å². The van der Waals surface area contributed by atoms with Crippen LogP contribution in [0.3, 0.4) is 0 Å². The minimum absolute atomic E-state index is 0.741. The van der Waals surface area contributed by atoms with E-state index >= 15 is 0 Å². The molecule has 0 aromatic rings. The van der Waals surface area contributed by atoms with Crippen molar-refractivity contribution in [3.8, 4) is 0 Å². The normalized spacial score (nSPS) is 47.6. The van der Waals surface area contributed by atoms with E-state index in [0.717, 1.165) is 0 Å². The Morgan fingerprint density at radius 2 is 0.947 bits per heavy atom. The summed E-state index contributed by atoms with van der Waals surface area (Å²) in [5, 5.41) is 116. The standard InChI is InChI=1S/C18H32O16.C2H3O2/c19-1-4-7(22)8(23)12(27)17(31-4)34-15-6(3-21)32-18(13(28)10(15)25)33-14-5(2-20)30-16(29)11(26)9(14)24;1-2(3)4/h4-29H,1-3H2;1H2,(H,3,4)/t4-,5-,6-,7-,8+,9-,10-,11-,12-,13-,14-,15-,16?,17+,18+;/m1./s1. The van der Waals surface area contributed by atoms with E-state index in [0.29, 0.717) is 0 Å². The lowest BCUT2D eigenvalue weighted by Crippen LogP contribution is -2.66. The number of aliphatic carboxylic acids is 1. The Morgan fingerprint density at radius 3 is 1.39 bits per heavy atom. The molecule has 0 aromatic heterocycles. The summed E-state index contributed by atoms with van der Waals surface area (Å²) in [5.41, 5.74) is 0. The third kappa shape index (κ3) is 7.52. The largest absolute Gasteiger partial charge is 0.481 e. The second kappa shape index (κ2) is 14.5. The number of carbonyl (C=O) groups is 1. The molecule has 3 aliphatic rings. The Hall–Kier alpha value is -1.17. The van der Waals surface area contributed by atoms with Crippen molar-refractivity contribution in [1.82, 2.24) is 0 Å². The molecule has 1 unspecified atom stereocenters. The summed E-state index contributed by atoms with van der Waals surface area (Å²) in [6.07, 6.45) is -25.1. The molecule has 0 aromatic carbocycles. The van der Waals surface area contributed by atoms with Gasteiger partial charge in [0.2, 0.25) is 0 Å². The first-order chi connectivity index (χ1) is 17.8. The van der Waals surface area contributed by atoms with Crippen LogP contribution in [0.25, 0.3) is 0 Å². The molecule has 1 radical (unpaired) electrons. The third-order valence-corrected chi connectivity index (χ3v) is 6.09. The fourth-order valence-electron chi connectivity index (χ4n) is 4.06. The zero-order chi connectivity index (χ0) is 28.9. The molecular weight excluding hydrogens is 528 g/mol. The van der Waals surface area contributed by atoms with Crippen LogP contribution in [-0.2, 0) is 28.5 Å². The smallest absolute Gasteiger partial charge is 0.303 e. The van der Waals surface area contributed by atoms with Gasteiger partial charge in [0.25, 0.3) is 0 Å². The predicted octanol–water partition coefficient (Wildman–Crippen LogP) is -7.67. The van der Waals surface area contributed by atoms with E-state index in [1.165, 1.54) is 0 Å². The molecule has 38 heavy (non-hydrogen) atoms. The number of aliphatic hydroxyl groups excluding tert-OH is 11. The predicted molar refractivity (Wildman–Crippen MR) is 114 cm³/mol. The lowest BCUT2D eigenvalue weighted by atomic mass is 9.96. The molecule has 12 N–H and O–H groups in total. The molecule has 0 amide bonds.